The van der Waals surface area contributed by atoms with Gasteiger partial charge in [0.25, 0.3) is 0 Å². The van der Waals surface area contributed by atoms with Crippen molar-refractivity contribution in [3.8, 4) is 0 Å². The fourth-order valence-electron chi connectivity index (χ4n) is 3.89. The minimum absolute atomic E-state index is 0.0556. The molecule has 1 heterocycles. The zero-order valence-electron chi connectivity index (χ0n) is 11.4. The van der Waals surface area contributed by atoms with Crippen LogP contribution < -0.4 is 5.32 Å². The fraction of sp³-hybridized carbons (Fsp3) is 0.929. The lowest BCUT2D eigenvalue weighted by Gasteiger charge is -2.61. The molecule has 3 aliphatic rings. The number of hydrogen-bond acceptors (Lipinski definition) is 3. The Morgan fingerprint density at radius 3 is 2.78 bits per heavy atom. The van der Waals surface area contributed by atoms with E-state index in [9.17, 15) is 4.79 Å². The molecule has 0 radical (unpaired) electrons. The quantitative estimate of drug-likeness (QED) is 0.816. The van der Waals surface area contributed by atoms with Gasteiger partial charge in [-0.1, -0.05) is 6.42 Å². The zero-order valence-corrected chi connectivity index (χ0v) is 11.4. The third-order valence-corrected chi connectivity index (χ3v) is 5.27. The average Bonchev–Trinajstić information content (AvgIpc) is 2.57. The highest BCUT2D eigenvalue weighted by Crippen LogP contribution is 2.57. The molecule has 3 atom stereocenters. The van der Waals surface area contributed by atoms with E-state index in [1.807, 2.05) is 11.9 Å². The number of nitrogens with zero attached hydrogens (tertiary/aromatic N) is 1. The van der Waals surface area contributed by atoms with Crippen LogP contribution >= 0.6 is 0 Å². The average molecular weight is 252 g/mol. The van der Waals surface area contributed by atoms with E-state index >= 15 is 0 Å². The Balaban J connectivity index is 1.60. The third-order valence-electron chi connectivity index (χ3n) is 5.27. The lowest BCUT2D eigenvalue weighted by molar-refractivity contribution is -0.175. The molecule has 0 aromatic rings. The molecule has 1 saturated heterocycles. The van der Waals surface area contributed by atoms with Crippen molar-refractivity contribution < 1.29 is 9.53 Å². The molecule has 0 bridgehead atoms. The maximum absolute atomic E-state index is 11.9. The van der Waals surface area contributed by atoms with Gasteiger partial charge in [-0.25, -0.2) is 0 Å². The minimum atomic E-state index is 0.0556. The second-order valence-electron chi connectivity index (χ2n) is 6.09. The van der Waals surface area contributed by atoms with Gasteiger partial charge in [0.1, 0.15) is 0 Å². The smallest absolute Gasteiger partial charge is 0.239 e. The molecule has 2 saturated carbocycles. The number of amides is 1. The van der Waals surface area contributed by atoms with Crippen LogP contribution in [0.5, 0.6) is 0 Å². The molecule has 18 heavy (non-hydrogen) atoms. The topological polar surface area (TPSA) is 41.6 Å². The first-order valence-electron chi connectivity index (χ1n) is 7.30. The second kappa shape index (κ2) is 4.49. The Bertz CT molecular complexity index is 341. The molecule has 3 rings (SSSR count). The molecule has 4 heteroatoms. The van der Waals surface area contributed by atoms with Crippen LogP contribution in [0.25, 0.3) is 0 Å². The number of likely N-dealkylation sites (N-methyl/N-ethyl adjacent to an activating group) is 1. The van der Waals surface area contributed by atoms with Crippen molar-refractivity contribution in [1.82, 2.24) is 10.2 Å². The minimum Gasteiger partial charge on any atom is -0.378 e. The van der Waals surface area contributed by atoms with Crippen LogP contribution in [0.3, 0.4) is 0 Å². The first-order valence-corrected chi connectivity index (χ1v) is 7.30. The van der Waals surface area contributed by atoms with E-state index in [-0.39, 0.29) is 11.9 Å². The Kier molecular flexibility index (Phi) is 3.10. The summed E-state index contributed by atoms with van der Waals surface area (Å²) in [6, 6.07) is 0.559. The fourth-order valence-corrected chi connectivity index (χ4v) is 3.89. The highest BCUT2D eigenvalue weighted by Gasteiger charge is 2.59. The molecule has 0 aromatic heterocycles. The molecule has 1 aliphatic heterocycles. The zero-order chi connectivity index (χ0) is 12.8. The Hall–Kier alpha value is -0.610. The summed E-state index contributed by atoms with van der Waals surface area (Å²) in [5, 5.41) is 3.61. The number of likely N-dealkylation sites (tertiary alicyclic amines) is 1. The molecule has 3 fully saturated rings. The van der Waals surface area contributed by atoms with Crippen molar-refractivity contribution in [1.29, 1.82) is 0 Å². The van der Waals surface area contributed by atoms with Crippen molar-refractivity contribution in [2.45, 2.75) is 57.2 Å². The summed E-state index contributed by atoms with van der Waals surface area (Å²) in [6.45, 7) is 3.78. The van der Waals surface area contributed by atoms with Crippen molar-refractivity contribution in [3.05, 3.63) is 0 Å². The summed E-state index contributed by atoms with van der Waals surface area (Å²) in [6.07, 6.45) is 6.34. The molecule has 1 spiro atoms. The maximum atomic E-state index is 11.9. The molecule has 2 aliphatic carbocycles. The SMILES string of the molecule is CCOC1CC(NC2CCN(C)C2=O)C12CCC2. The van der Waals surface area contributed by atoms with Crippen molar-refractivity contribution >= 4 is 5.91 Å². The van der Waals surface area contributed by atoms with E-state index in [2.05, 4.69) is 12.2 Å². The molecule has 3 unspecified atom stereocenters. The number of carbonyl (C=O) groups is 1. The van der Waals surface area contributed by atoms with Gasteiger partial charge in [-0.05, 0) is 32.6 Å². The van der Waals surface area contributed by atoms with Crippen LogP contribution in [0, 0.1) is 5.41 Å². The molecule has 102 valence electrons. The number of ether oxygens (including phenoxy) is 1. The third kappa shape index (κ3) is 1.69. The monoisotopic (exact) mass is 252 g/mol. The van der Waals surface area contributed by atoms with E-state index in [4.69, 9.17) is 4.74 Å². The molecule has 1 N–H and O–H groups in total. The summed E-state index contributed by atoms with van der Waals surface area (Å²) >= 11 is 0. The van der Waals surface area contributed by atoms with Gasteiger partial charge in [-0.15, -0.1) is 0 Å². The van der Waals surface area contributed by atoms with E-state index in [1.54, 1.807) is 0 Å². The van der Waals surface area contributed by atoms with Gasteiger partial charge < -0.3 is 15.0 Å². The molecule has 1 amide bonds. The highest BCUT2D eigenvalue weighted by molar-refractivity contribution is 5.83. The van der Waals surface area contributed by atoms with Gasteiger partial charge in [0.2, 0.25) is 5.91 Å². The maximum Gasteiger partial charge on any atom is 0.239 e. The molecular weight excluding hydrogens is 228 g/mol. The lowest BCUT2D eigenvalue weighted by atomic mass is 9.51. The van der Waals surface area contributed by atoms with Gasteiger partial charge >= 0.3 is 0 Å². The number of hydrogen-bond donors (Lipinski definition) is 1. The van der Waals surface area contributed by atoms with Crippen LogP contribution in [-0.4, -0.2) is 49.2 Å². The number of carbonyl (C=O) groups excluding carboxylic acids is 1. The van der Waals surface area contributed by atoms with Crippen LogP contribution in [0.4, 0.5) is 0 Å². The summed E-state index contributed by atoms with van der Waals surface area (Å²) in [7, 11) is 1.90. The predicted octanol–water partition coefficient (Wildman–Crippen LogP) is 1.15. The summed E-state index contributed by atoms with van der Waals surface area (Å²) in [4.78, 5) is 13.8. The van der Waals surface area contributed by atoms with E-state index in [1.165, 1.54) is 19.3 Å². The summed E-state index contributed by atoms with van der Waals surface area (Å²) < 4.78 is 5.84. The first-order chi connectivity index (χ1) is 8.67. The number of rotatable bonds is 4. The van der Waals surface area contributed by atoms with Crippen LogP contribution in [0.15, 0.2) is 0 Å². The number of nitrogens with one attached hydrogen (secondary N) is 1. The summed E-state index contributed by atoms with van der Waals surface area (Å²) in [5.41, 5.74) is 0.359. The lowest BCUT2D eigenvalue weighted by Crippen LogP contribution is -2.68. The largest absolute Gasteiger partial charge is 0.378 e. The Labute approximate surface area is 109 Å². The van der Waals surface area contributed by atoms with Gasteiger partial charge in [-0.3, -0.25) is 4.79 Å². The van der Waals surface area contributed by atoms with Gasteiger partial charge in [0, 0.05) is 31.7 Å². The van der Waals surface area contributed by atoms with Gasteiger partial charge in [0.15, 0.2) is 0 Å². The first kappa shape index (κ1) is 12.4. The molecular formula is C14H24N2O2. The van der Waals surface area contributed by atoms with Crippen LogP contribution in [0.1, 0.15) is 39.0 Å². The van der Waals surface area contributed by atoms with E-state index < -0.39 is 0 Å². The van der Waals surface area contributed by atoms with Crippen molar-refractivity contribution in [3.63, 3.8) is 0 Å². The summed E-state index contributed by atoms with van der Waals surface area (Å²) in [5.74, 6) is 0.268. The molecule has 0 aromatic carbocycles. The van der Waals surface area contributed by atoms with Crippen LogP contribution in [0.2, 0.25) is 0 Å². The predicted molar refractivity (Wildman–Crippen MR) is 69.3 cm³/mol. The van der Waals surface area contributed by atoms with Crippen molar-refractivity contribution in [2.24, 2.45) is 5.41 Å². The Morgan fingerprint density at radius 2 is 2.28 bits per heavy atom. The molecule has 4 nitrogen and oxygen atoms in total. The van der Waals surface area contributed by atoms with Crippen molar-refractivity contribution in [2.75, 3.05) is 20.2 Å². The highest BCUT2D eigenvalue weighted by atomic mass is 16.5. The van der Waals surface area contributed by atoms with Crippen LogP contribution in [-0.2, 0) is 9.53 Å². The Morgan fingerprint density at radius 1 is 1.50 bits per heavy atom. The van der Waals surface area contributed by atoms with Gasteiger partial charge in [-0.2, -0.15) is 0 Å². The van der Waals surface area contributed by atoms with E-state index in [0.717, 1.165) is 26.0 Å². The van der Waals surface area contributed by atoms with E-state index in [0.29, 0.717) is 17.6 Å². The standard InChI is InChI=1S/C14H24N2O2/c1-3-18-12-9-11(14(12)6-4-7-14)15-10-5-8-16(2)13(10)17/h10-12,15H,3-9H2,1-2H3. The van der Waals surface area contributed by atoms with Gasteiger partial charge in [0.05, 0.1) is 12.1 Å². The normalized spacial score (nSPS) is 37.8. The second-order valence-corrected chi connectivity index (χ2v) is 6.09.